The predicted octanol–water partition coefficient (Wildman–Crippen LogP) is 3.91. The minimum Gasteiger partial charge on any atom is -0.394 e. The summed E-state index contributed by atoms with van der Waals surface area (Å²) in [4.78, 5) is 24.9. The van der Waals surface area contributed by atoms with Gasteiger partial charge in [-0.15, -0.1) is 0 Å². The Bertz CT molecular complexity index is 1140. The van der Waals surface area contributed by atoms with Gasteiger partial charge in [-0.2, -0.15) is 0 Å². The van der Waals surface area contributed by atoms with Crippen LogP contribution in [0.3, 0.4) is 0 Å². The maximum absolute atomic E-state index is 12.7. The van der Waals surface area contributed by atoms with Crippen molar-refractivity contribution in [1.82, 2.24) is 20.3 Å². The number of hydrogen-bond donors (Lipinski definition) is 3. The number of hydrogen-bond acceptors (Lipinski definition) is 4. The second-order valence-corrected chi connectivity index (χ2v) is 7.01. The van der Waals surface area contributed by atoms with Crippen LogP contribution in [-0.4, -0.2) is 32.6 Å². The molecule has 0 aliphatic rings. The van der Waals surface area contributed by atoms with Crippen LogP contribution in [0.2, 0.25) is 0 Å². The Hall–Kier alpha value is -3.77. The van der Waals surface area contributed by atoms with Crippen molar-refractivity contribution >= 4 is 5.91 Å². The summed E-state index contributed by atoms with van der Waals surface area (Å²) < 4.78 is 0. The molecule has 6 heteroatoms. The number of aliphatic hydroxyl groups is 1. The second-order valence-electron chi connectivity index (χ2n) is 7.01. The number of rotatable bonds is 6. The third-order valence-electron chi connectivity index (χ3n) is 4.89. The zero-order valence-electron chi connectivity index (χ0n) is 16.5. The van der Waals surface area contributed by atoms with E-state index in [1.165, 1.54) is 0 Å². The molecule has 0 unspecified atom stereocenters. The number of aromatic nitrogens is 3. The number of amides is 1. The van der Waals surface area contributed by atoms with Gasteiger partial charge in [0.15, 0.2) is 5.82 Å². The minimum absolute atomic E-state index is 0.186. The lowest BCUT2D eigenvalue weighted by Crippen LogP contribution is -2.30. The lowest BCUT2D eigenvalue weighted by Gasteiger charge is -2.16. The van der Waals surface area contributed by atoms with E-state index in [2.05, 4.69) is 15.3 Å². The van der Waals surface area contributed by atoms with Crippen LogP contribution in [0, 0.1) is 6.92 Å². The van der Waals surface area contributed by atoms with Crippen LogP contribution in [0.25, 0.3) is 22.6 Å². The summed E-state index contributed by atoms with van der Waals surface area (Å²) >= 11 is 0. The zero-order chi connectivity index (χ0) is 20.9. The summed E-state index contributed by atoms with van der Waals surface area (Å²) in [5, 5.41) is 12.6. The molecule has 2 aromatic carbocycles. The number of carbonyl (C=O) groups excluding carboxylic acids is 1. The number of aromatic amines is 1. The molecule has 0 aliphatic carbocycles. The Morgan fingerprint density at radius 1 is 1.07 bits per heavy atom. The molecule has 6 nitrogen and oxygen atoms in total. The van der Waals surface area contributed by atoms with Crippen LogP contribution in [0.1, 0.15) is 27.7 Å². The van der Waals surface area contributed by atoms with Crippen LogP contribution in [0.5, 0.6) is 0 Å². The standard InChI is InChI=1S/C24H22N4O2/c1-16-13-26-23(18-10-6-3-7-11-18)28-22(16)19-12-20(25-14-19)24(30)27-21(15-29)17-8-4-2-5-9-17/h2-14,21,25,29H,15H2,1H3,(H,27,30)/t21-/m0/s1. The largest absolute Gasteiger partial charge is 0.394 e. The number of nitrogens with zero attached hydrogens (tertiary/aromatic N) is 2. The van der Waals surface area contributed by atoms with Crippen molar-refractivity contribution in [3.8, 4) is 22.6 Å². The molecule has 0 spiro atoms. The van der Waals surface area contributed by atoms with Gasteiger partial charge in [0.25, 0.3) is 5.91 Å². The van der Waals surface area contributed by atoms with Gasteiger partial charge in [-0.05, 0) is 24.1 Å². The molecule has 2 aromatic heterocycles. The Morgan fingerprint density at radius 3 is 2.47 bits per heavy atom. The highest BCUT2D eigenvalue weighted by Gasteiger charge is 2.17. The average Bonchev–Trinajstić information content (AvgIpc) is 3.29. The van der Waals surface area contributed by atoms with E-state index in [1.54, 1.807) is 18.5 Å². The first-order chi connectivity index (χ1) is 14.7. The molecule has 4 aromatic rings. The van der Waals surface area contributed by atoms with Crippen molar-refractivity contribution < 1.29 is 9.90 Å². The van der Waals surface area contributed by atoms with Crippen molar-refractivity contribution in [2.45, 2.75) is 13.0 Å². The first-order valence-corrected chi connectivity index (χ1v) is 9.70. The van der Waals surface area contributed by atoms with Crippen LogP contribution in [0.4, 0.5) is 0 Å². The maximum atomic E-state index is 12.7. The summed E-state index contributed by atoms with van der Waals surface area (Å²) in [6, 6.07) is 20.4. The molecule has 0 saturated carbocycles. The fraction of sp³-hybridized carbons (Fsp3) is 0.125. The Labute approximate surface area is 174 Å². The number of H-pyrrole nitrogens is 1. The van der Waals surface area contributed by atoms with E-state index in [1.807, 2.05) is 67.6 Å². The van der Waals surface area contributed by atoms with Gasteiger partial charge < -0.3 is 15.4 Å². The van der Waals surface area contributed by atoms with Crippen molar-refractivity contribution in [2.24, 2.45) is 0 Å². The summed E-state index contributed by atoms with van der Waals surface area (Å²) in [6.07, 6.45) is 3.55. The van der Waals surface area contributed by atoms with E-state index < -0.39 is 6.04 Å². The molecule has 30 heavy (non-hydrogen) atoms. The van der Waals surface area contributed by atoms with Crippen LogP contribution in [0.15, 0.2) is 79.1 Å². The molecule has 0 bridgehead atoms. The van der Waals surface area contributed by atoms with Gasteiger partial charge >= 0.3 is 0 Å². The average molecular weight is 398 g/mol. The number of aliphatic hydroxyl groups excluding tert-OH is 1. The molecule has 4 rings (SSSR count). The summed E-state index contributed by atoms with van der Waals surface area (Å²) in [6.45, 7) is 1.75. The number of benzene rings is 2. The highest BCUT2D eigenvalue weighted by molar-refractivity contribution is 5.94. The van der Waals surface area contributed by atoms with E-state index in [4.69, 9.17) is 4.98 Å². The molecular weight excluding hydrogens is 376 g/mol. The molecular formula is C24H22N4O2. The quantitative estimate of drug-likeness (QED) is 0.459. The van der Waals surface area contributed by atoms with Gasteiger partial charge in [0, 0.05) is 23.5 Å². The molecule has 3 N–H and O–H groups in total. The maximum Gasteiger partial charge on any atom is 0.268 e. The molecule has 150 valence electrons. The summed E-state index contributed by atoms with van der Waals surface area (Å²) in [5.74, 6) is 0.340. The van der Waals surface area contributed by atoms with Gasteiger partial charge in [0.2, 0.25) is 0 Å². The summed E-state index contributed by atoms with van der Waals surface area (Å²) in [5.41, 5.74) is 4.66. The van der Waals surface area contributed by atoms with Crippen LogP contribution < -0.4 is 5.32 Å². The fourth-order valence-electron chi connectivity index (χ4n) is 3.28. The Balaban J connectivity index is 1.57. The smallest absolute Gasteiger partial charge is 0.268 e. The lowest BCUT2D eigenvalue weighted by atomic mass is 10.1. The fourth-order valence-corrected chi connectivity index (χ4v) is 3.28. The highest BCUT2D eigenvalue weighted by Crippen LogP contribution is 2.25. The SMILES string of the molecule is Cc1cnc(-c2ccccc2)nc1-c1c[nH]c(C(=O)N[C@@H](CO)c2ccccc2)c1. The first-order valence-electron chi connectivity index (χ1n) is 9.70. The van der Waals surface area contributed by atoms with Gasteiger partial charge in [0.05, 0.1) is 18.3 Å². The zero-order valence-corrected chi connectivity index (χ0v) is 16.5. The molecule has 0 saturated heterocycles. The third-order valence-corrected chi connectivity index (χ3v) is 4.89. The predicted molar refractivity (Wildman–Crippen MR) is 116 cm³/mol. The number of aryl methyl sites for hydroxylation is 1. The molecule has 0 fully saturated rings. The summed E-state index contributed by atoms with van der Waals surface area (Å²) in [7, 11) is 0. The van der Waals surface area contributed by atoms with E-state index >= 15 is 0 Å². The number of nitrogens with one attached hydrogen (secondary N) is 2. The normalized spacial score (nSPS) is 11.8. The van der Waals surface area contributed by atoms with Crippen molar-refractivity contribution in [3.05, 3.63) is 95.9 Å². The minimum atomic E-state index is -0.476. The monoisotopic (exact) mass is 398 g/mol. The van der Waals surface area contributed by atoms with Gasteiger partial charge in [-0.1, -0.05) is 60.7 Å². The lowest BCUT2D eigenvalue weighted by molar-refractivity contribution is 0.0912. The van der Waals surface area contributed by atoms with Crippen molar-refractivity contribution in [2.75, 3.05) is 6.61 Å². The van der Waals surface area contributed by atoms with Gasteiger partial charge in [0.1, 0.15) is 5.69 Å². The first kappa shape index (κ1) is 19.5. The topological polar surface area (TPSA) is 90.9 Å². The number of carbonyl (C=O) groups is 1. The Morgan fingerprint density at radius 2 is 1.77 bits per heavy atom. The van der Waals surface area contributed by atoms with E-state index in [-0.39, 0.29) is 12.5 Å². The molecule has 1 amide bonds. The molecule has 0 aliphatic heterocycles. The van der Waals surface area contributed by atoms with Gasteiger partial charge in [-0.3, -0.25) is 4.79 Å². The van der Waals surface area contributed by atoms with Crippen molar-refractivity contribution in [3.63, 3.8) is 0 Å². The highest BCUT2D eigenvalue weighted by atomic mass is 16.3. The molecule has 2 heterocycles. The van der Waals surface area contributed by atoms with E-state index in [0.29, 0.717) is 11.5 Å². The second kappa shape index (κ2) is 8.71. The van der Waals surface area contributed by atoms with E-state index in [0.717, 1.165) is 27.9 Å². The van der Waals surface area contributed by atoms with Crippen molar-refractivity contribution in [1.29, 1.82) is 0 Å². The molecule has 0 radical (unpaired) electrons. The Kier molecular flexibility index (Phi) is 5.68. The third kappa shape index (κ3) is 4.14. The van der Waals surface area contributed by atoms with E-state index in [9.17, 15) is 9.90 Å². The van der Waals surface area contributed by atoms with Gasteiger partial charge in [-0.25, -0.2) is 9.97 Å². The molecule has 1 atom stereocenters. The van der Waals surface area contributed by atoms with Crippen LogP contribution in [-0.2, 0) is 0 Å². The van der Waals surface area contributed by atoms with Crippen LogP contribution >= 0.6 is 0 Å².